The Balaban J connectivity index is 1.42. The maximum atomic E-state index is 14.5. The zero-order chi connectivity index (χ0) is 27.6. The van der Waals surface area contributed by atoms with Crippen LogP contribution < -0.4 is 10.1 Å². The van der Waals surface area contributed by atoms with E-state index in [1.165, 1.54) is 31.4 Å². The van der Waals surface area contributed by atoms with Crippen molar-refractivity contribution in [3.8, 4) is 5.75 Å². The van der Waals surface area contributed by atoms with Crippen LogP contribution in [0.3, 0.4) is 0 Å². The topological polar surface area (TPSA) is 99.5 Å². The molecular weight excluding hydrogens is 565 g/mol. The first-order valence-electron chi connectivity index (χ1n) is 12.4. The first-order valence-corrected chi connectivity index (χ1v) is 15.2. The minimum absolute atomic E-state index is 0.110. The van der Waals surface area contributed by atoms with E-state index in [1.54, 1.807) is 4.68 Å². The first-order chi connectivity index (χ1) is 18.7. The molecule has 2 aromatic carbocycles. The number of benzene rings is 2. The molecule has 4 aromatic rings. The van der Waals surface area contributed by atoms with E-state index in [4.69, 9.17) is 21.1 Å². The van der Waals surface area contributed by atoms with E-state index in [9.17, 15) is 17.6 Å². The molecule has 2 aromatic heterocycles. The molecule has 8 nitrogen and oxygen atoms in total. The summed E-state index contributed by atoms with van der Waals surface area (Å²) in [7, 11) is -2.34. The minimum atomic E-state index is -3.75. The van der Waals surface area contributed by atoms with E-state index in [2.05, 4.69) is 10.4 Å². The van der Waals surface area contributed by atoms with Gasteiger partial charge in [0, 0.05) is 25.1 Å². The number of nitrogens with one attached hydrogen (secondary N) is 1. The monoisotopic (exact) mass is 591 g/mol. The van der Waals surface area contributed by atoms with Crippen LogP contribution in [0.4, 0.5) is 4.39 Å². The molecule has 5 rings (SSSR count). The van der Waals surface area contributed by atoms with Crippen molar-refractivity contribution >= 4 is 49.5 Å². The smallest absolute Gasteiger partial charge is 0.193 e. The molecule has 206 valence electrons. The molecule has 1 saturated heterocycles. The lowest BCUT2D eigenvalue weighted by atomic mass is 10.0. The van der Waals surface area contributed by atoms with Gasteiger partial charge in [-0.05, 0) is 29.7 Å². The molecule has 0 bridgehead atoms. The molecule has 1 N–H and O–H groups in total. The van der Waals surface area contributed by atoms with Crippen molar-refractivity contribution in [2.75, 3.05) is 26.9 Å². The second kappa shape index (κ2) is 11.7. The highest BCUT2D eigenvalue weighted by molar-refractivity contribution is 7.92. The van der Waals surface area contributed by atoms with Gasteiger partial charge in [0.1, 0.15) is 21.5 Å². The zero-order valence-electron chi connectivity index (χ0n) is 21.2. The zero-order valence-corrected chi connectivity index (χ0v) is 23.5. The van der Waals surface area contributed by atoms with Gasteiger partial charge in [-0.2, -0.15) is 5.10 Å². The van der Waals surface area contributed by atoms with Gasteiger partial charge in [-0.3, -0.25) is 9.48 Å². The van der Waals surface area contributed by atoms with Crippen molar-refractivity contribution < 1.29 is 27.1 Å². The number of halogens is 2. The van der Waals surface area contributed by atoms with Gasteiger partial charge in [0.25, 0.3) is 0 Å². The van der Waals surface area contributed by atoms with E-state index in [-0.39, 0.29) is 34.0 Å². The number of morpholine rings is 1. The quantitative estimate of drug-likeness (QED) is 0.292. The Morgan fingerprint density at radius 3 is 2.79 bits per heavy atom. The lowest BCUT2D eigenvalue weighted by Gasteiger charge is -2.22. The molecule has 1 fully saturated rings. The lowest BCUT2D eigenvalue weighted by molar-refractivity contribution is -0.123. The summed E-state index contributed by atoms with van der Waals surface area (Å²) in [5, 5.41) is 8.23. The summed E-state index contributed by atoms with van der Waals surface area (Å²) in [5.74, 6) is -0.597. The largest absolute Gasteiger partial charge is 0.496 e. The Hall–Kier alpha value is -2.83. The molecule has 12 heteroatoms. The standard InChI is InChI=1S/C27H27ClFN3O5S2/c1-36-24-13-19(29)12-22-27(24)21(16-39(34,35)26-8-7-25(28)38-26)31-32(22)14-18-4-2-3-17(11-18)5-6-23(33)20-15-37-10-9-30-20/h2-4,7-8,11-13,20,30H,5-6,9-10,14-16H2,1H3/t20-/m1/s1. The van der Waals surface area contributed by atoms with Crippen LogP contribution in [0.5, 0.6) is 5.75 Å². The normalized spacial score (nSPS) is 16.0. The first kappa shape index (κ1) is 27.7. The maximum Gasteiger partial charge on any atom is 0.193 e. The van der Waals surface area contributed by atoms with E-state index in [0.29, 0.717) is 47.8 Å². The number of aromatic nitrogens is 2. The van der Waals surface area contributed by atoms with E-state index < -0.39 is 21.4 Å². The van der Waals surface area contributed by atoms with Crippen LogP contribution in [0.2, 0.25) is 4.34 Å². The van der Waals surface area contributed by atoms with Crippen LogP contribution in [-0.4, -0.2) is 56.9 Å². The molecule has 0 amide bonds. The van der Waals surface area contributed by atoms with Gasteiger partial charge < -0.3 is 14.8 Å². The fraction of sp³-hybridized carbons (Fsp3) is 0.333. The Morgan fingerprint density at radius 1 is 1.26 bits per heavy atom. The van der Waals surface area contributed by atoms with Crippen molar-refractivity contribution in [1.29, 1.82) is 0 Å². The summed E-state index contributed by atoms with van der Waals surface area (Å²) < 4.78 is 53.6. The average molecular weight is 592 g/mol. The highest BCUT2D eigenvalue weighted by atomic mass is 35.5. The molecule has 0 unspecified atom stereocenters. The number of fused-ring (bicyclic) bond motifs is 1. The summed E-state index contributed by atoms with van der Waals surface area (Å²) in [6, 6.07) is 13.0. The highest BCUT2D eigenvalue weighted by Gasteiger charge is 2.25. The van der Waals surface area contributed by atoms with Crippen LogP contribution in [0.25, 0.3) is 10.9 Å². The summed E-state index contributed by atoms with van der Waals surface area (Å²) in [6.07, 6.45) is 0.951. The Morgan fingerprint density at radius 2 is 2.08 bits per heavy atom. The van der Waals surface area contributed by atoms with Crippen molar-refractivity contribution in [3.63, 3.8) is 0 Å². The number of nitrogens with zero attached hydrogens (tertiary/aromatic N) is 2. The number of aryl methyl sites for hydroxylation is 1. The van der Waals surface area contributed by atoms with Gasteiger partial charge in [0.15, 0.2) is 15.6 Å². The molecule has 3 heterocycles. The van der Waals surface area contributed by atoms with Crippen molar-refractivity contribution in [3.05, 3.63) is 75.5 Å². The molecular formula is C27H27ClFN3O5S2. The summed E-state index contributed by atoms with van der Waals surface area (Å²) in [5.41, 5.74) is 2.54. The van der Waals surface area contributed by atoms with Crippen LogP contribution in [0.1, 0.15) is 23.2 Å². The Bertz CT molecular complexity index is 1610. The molecule has 0 saturated carbocycles. The number of hydrogen-bond donors (Lipinski definition) is 1. The molecule has 1 aliphatic heterocycles. The Labute approximate surface area is 234 Å². The number of rotatable bonds is 10. The number of ether oxygens (including phenoxy) is 2. The average Bonchev–Trinajstić information content (AvgIpc) is 3.51. The van der Waals surface area contributed by atoms with Crippen LogP contribution >= 0.6 is 22.9 Å². The molecule has 1 aliphatic rings. The number of Topliss-reactive ketones (excluding diaryl/α,β-unsaturated/α-hetero) is 1. The minimum Gasteiger partial charge on any atom is -0.496 e. The number of sulfone groups is 1. The summed E-state index contributed by atoms with van der Waals surface area (Å²) in [4.78, 5) is 12.5. The fourth-order valence-electron chi connectivity index (χ4n) is 4.68. The van der Waals surface area contributed by atoms with E-state index >= 15 is 0 Å². The Kier molecular flexibility index (Phi) is 8.34. The number of ketones is 1. The summed E-state index contributed by atoms with van der Waals surface area (Å²) in [6.45, 7) is 1.94. The number of thiophene rings is 1. The SMILES string of the molecule is COc1cc(F)cc2c1c(CS(=O)(=O)c1ccc(Cl)s1)nn2Cc1cccc(CCC(=O)[C@H]2COCCN2)c1. The predicted octanol–water partition coefficient (Wildman–Crippen LogP) is 4.41. The van der Waals surface area contributed by atoms with E-state index in [1.807, 2.05) is 24.3 Å². The predicted molar refractivity (Wildman–Crippen MR) is 148 cm³/mol. The van der Waals surface area contributed by atoms with Crippen LogP contribution in [-0.2, 0) is 38.1 Å². The third-order valence-corrected chi connectivity index (χ3v) is 9.99. The van der Waals surface area contributed by atoms with Crippen molar-refractivity contribution in [2.24, 2.45) is 0 Å². The highest BCUT2D eigenvalue weighted by Crippen LogP contribution is 2.34. The number of methoxy groups -OCH3 is 1. The second-order valence-electron chi connectivity index (χ2n) is 9.29. The third-order valence-electron chi connectivity index (χ3n) is 6.55. The van der Waals surface area contributed by atoms with Gasteiger partial charge >= 0.3 is 0 Å². The lowest BCUT2D eigenvalue weighted by Crippen LogP contribution is -2.46. The maximum absolute atomic E-state index is 14.5. The van der Waals surface area contributed by atoms with Gasteiger partial charge in [-0.1, -0.05) is 35.9 Å². The fourth-order valence-corrected chi connectivity index (χ4v) is 7.53. The van der Waals surface area contributed by atoms with Gasteiger partial charge in [-0.15, -0.1) is 11.3 Å². The second-order valence-corrected chi connectivity index (χ2v) is 13.2. The molecule has 0 spiro atoms. The van der Waals surface area contributed by atoms with Gasteiger partial charge in [0.05, 0.1) is 53.8 Å². The van der Waals surface area contributed by atoms with E-state index in [0.717, 1.165) is 22.5 Å². The molecule has 1 atom stereocenters. The van der Waals surface area contributed by atoms with Gasteiger partial charge in [-0.25, -0.2) is 12.8 Å². The molecule has 0 radical (unpaired) electrons. The van der Waals surface area contributed by atoms with Crippen LogP contribution in [0, 0.1) is 5.82 Å². The number of carbonyl (C=O) groups is 1. The molecule has 0 aliphatic carbocycles. The summed E-state index contributed by atoms with van der Waals surface area (Å²) >= 11 is 6.94. The number of carbonyl (C=O) groups excluding carboxylic acids is 1. The van der Waals surface area contributed by atoms with Crippen molar-refractivity contribution in [1.82, 2.24) is 15.1 Å². The van der Waals surface area contributed by atoms with Crippen molar-refractivity contribution in [2.45, 2.75) is 35.4 Å². The molecule has 39 heavy (non-hydrogen) atoms. The third kappa shape index (κ3) is 6.33. The van der Waals surface area contributed by atoms with Crippen LogP contribution in [0.15, 0.2) is 52.7 Å². The number of hydrogen-bond acceptors (Lipinski definition) is 8. The van der Waals surface area contributed by atoms with Gasteiger partial charge in [0.2, 0.25) is 0 Å².